The monoisotopic (exact) mass is 370 g/mol. The first kappa shape index (κ1) is 18.2. The molecule has 136 valence electrons. The number of aryl methyl sites for hydroxylation is 1. The van der Waals surface area contributed by atoms with Crippen molar-refractivity contribution in [3.05, 3.63) is 53.0 Å². The van der Waals surface area contributed by atoms with E-state index in [4.69, 9.17) is 9.47 Å². The highest BCUT2D eigenvalue weighted by Crippen LogP contribution is 2.24. The molecule has 5 nitrogen and oxygen atoms in total. The van der Waals surface area contributed by atoms with E-state index in [1.807, 2.05) is 36.4 Å². The van der Waals surface area contributed by atoms with Crippen LogP contribution in [-0.2, 0) is 17.6 Å². The molecule has 1 N–H and O–H groups in total. The number of methoxy groups -OCH3 is 2. The Labute approximate surface area is 157 Å². The summed E-state index contributed by atoms with van der Waals surface area (Å²) in [7, 11) is 3.20. The van der Waals surface area contributed by atoms with Crippen LogP contribution >= 0.6 is 11.3 Å². The van der Waals surface area contributed by atoms with E-state index < -0.39 is 0 Å². The Morgan fingerprint density at radius 1 is 1.15 bits per heavy atom. The lowest BCUT2D eigenvalue weighted by Crippen LogP contribution is -2.26. The maximum atomic E-state index is 12.2. The summed E-state index contributed by atoms with van der Waals surface area (Å²) in [6.45, 7) is 0.626. The zero-order chi connectivity index (χ0) is 18.4. The van der Waals surface area contributed by atoms with Gasteiger partial charge >= 0.3 is 0 Å². The van der Waals surface area contributed by atoms with E-state index in [2.05, 4.69) is 16.4 Å². The largest absolute Gasteiger partial charge is 0.497 e. The predicted octanol–water partition coefficient (Wildman–Crippen LogP) is 3.61. The summed E-state index contributed by atoms with van der Waals surface area (Å²) in [6.07, 6.45) is 1.99. The highest BCUT2D eigenvalue weighted by molar-refractivity contribution is 7.18. The van der Waals surface area contributed by atoms with Gasteiger partial charge in [0.2, 0.25) is 5.91 Å². The average molecular weight is 370 g/mol. The first-order valence-electron chi connectivity index (χ1n) is 8.51. The second-order valence-electron chi connectivity index (χ2n) is 5.88. The number of thiazole rings is 1. The van der Waals surface area contributed by atoms with Crippen molar-refractivity contribution in [3.63, 3.8) is 0 Å². The standard InChI is InChI=1S/C20H22N2O3S/c1-24-15-9-10-17(25-2)14(12-15)13-19(23)21-11-5-8-20-22-16-6-3-4-7-18(16)26-20/h3-4,6-7,9-10,12H,5,8,11,13H2,1-2H3,(H,21,23). The SMILES string of the molecule is COc1ccc(OC)c(CC(=O)NCCCc2nc3ccccc3s2)c1. The van der Waals surface area contributed by atoms with Gasteiger partial charge in [-0.25, -0.2) is 4.98 Å². The van der Waals surface area contributed by atoms with Crippen LogP contribution < -0.4 is 14.8 Å². The minimum Gasteiger partial charge on any atom is -0.497 e. The van der Waals surface area contributed by atoms with Gasteiger partial charge < -0.3 is 14.8 Å². The number of carbonyl (C=O) groups excluding carboxylic acids is 1. The number of carbonyl (C=O) groups is 1. The number of nitrogens with one attached hydrogen (secondary N) is 1. The van der Waals surface area contributed by atoms with Gasteiger partial charge in [0.05, 0.1) is 35.9 Å². The fraction of sp³-hybridized carbons (Fsp3) is 0.300. The summed E-state index contributed by atoms with van der Waals surface area (Å²) in [6, 6.07) is 13.6. The van der Waals surface area contributed by atoms with E-state index in [0.29, 0.717) is 18.0 Å². The normalized spacial score (nSPS) is 10.7. The van der Waals surface area contributed by atoms with Crippen LogP contribution in [0.5, 0.6) is 11.5 Å². The molecule has 0 saturated heterocycles. The summed E-state index contributed by atoms with van der Waals surface area (Å²) in [5.41, 5.74) is 1.86. The molecule has 0 saturated carbocycles. The van der Waals surface area contributed by atoms with Gasteiger partial charge in [0.25, 0.3) is 0 Å². The fourth-order valence-corrected chi connectivity index (χ4v) is 3.76. The zero-order valence-electron chi connectivity index (χ0n) is 15.0. The molecule has 3 rings (SSSR count). The number of fused-ring (bicyclic) bond motifs is 1. The van der Waals surface area contributed by atoms with Crippen LogP contribution in [0.15, 0.2) is 42.5 Å². The van der Waals surface area contributed by atoms with E-state index in [-0.39, 0.29) is 12.3 Å². The lowest BCUT2D eigenvalue weighted by atomic mass is 10.1. The van der Waals surface area contributed by atoms with Crippen LogP contribution in [0.4, 0.5) is 0 Å². The fourth-order valence-electron chi connectivity index (χ4n) is 2.75. The molecule has 1 heterocycles. The van der Waals surface area contributed by atoms with Crippen LogP contribution in [0.1, 0.15) is 17.0 Å². The Morgan fingerprint density at radius 3 is 2.77 bits per heavy atom. The molecule has 0 fully saturated rings. The predicted molar refractivity (Wildman–Crippen MR) is 104 cm³/mol. The Bertz CT molecular complexity index is 859. The van der Waals surface area contributed by atoms with E-state index >= 15 is 0 Å². The lowest BCUT2D eigenvalue weighted by molar-refractivity contribution is -0.120. The van der Waals surface area contributed by atoms with E-state index in [9.17, 15) is 4.79 Å². The first-order chi connectivity index (χ1) is 12.7. The van der Waals surface area contributed by atoms with Crippen molar-refractivity contribution in [1.82, 2.24) is 10.3 Å². The molecule has 1 amide bonds. The zero-order valence-corrected chi connectivity index (χ0v) is 15.8. The number of hydrogen-bond donors (Lipinski definition) is 1. The maximum absolute atomic E-state index is 12.2. The highest BCUT2D eigenvalue weighted by Gasteiger charge is 2.10. The maximum Gasteiger partial charge on any atom is 0.224 e. The topological polar surface area (TPSA) is 60.5 Å². The van der Waals surface area contributed by atoms with E-state index in [0.717, 1.165) is 28.9 Å². The Morgan fingerprint density at radius 2 is 2.00 bits per heavy atom. The molecule has 0 aliphatic heterocycles. The van der Waals surface area contributed by atoms with Gasteiger partial charge in [0, 0.05) is 18.5 Å². The minimum atomic E-state index is -0.0270. The quantitative estimate of drug-likeness (QED) is 0.616. The third-order valence-corrected chi connectivity index (χ3v) is 5.16. The van der Waals surface area contributed by atoms with Crippen LogP contribution in [-0.4, -0.2) is 31.7 Å². The number of amides is 1. The van der Waals surface area contributed by atoms with Gasteiger partial charge in [-0.2, -0.15) is 0 Å². The molecule has 1 aromatic heterocycles. The van der Waals surface area contributed by atoms with Crippen LogP contribution in [0.3, 0.4) is 0 Å². The number of aromatic nitrogens is 1. The van der Waals surface area contributed by atoms with Crippen LogP contribution in [0, 0.1) is 0 Å². The average Bonchev–Trinajstić information content (AvgIpc) is 3.08. The number of para-hydroxylation sites is 1. The van der Waals surface area contributed by atoms with Gasteiger partial charge in [0.1, 0.15) is 11.5 Å². The minimum absolute atomic E-state index is 0.0270. The van der Waals surface area contributed by atoms with Gasteiger partial charge in [-0.15, -0.1) is 11.3 Å². The number of benzene rings is 2. The van der Waals surface area contributed by atoms with Crippen molar-refractivity contribution < 1.29 is 14.3 Å². The number of nitrogens with zero attached hydrogens (tertiary/aromatic N) is 1. The van der Waals surface area contributed by atoms with Crippen molar-refractivity contribution in [2.45, 2.75) is 19.3 Å². The van der Waals surface area contributed by atoms with Crippen molar-refractivity contribution in [2.24, 2.45) is 0 Å². The molecule has 0 bridgehead atoms. The van der Waals surface area contributed by atoms with E-state index in [1.165, 1.54) is 4.70 Å². The van der Waals surface area contributed by atoms with Gasteiger partial charge in [-0.1, -0.05) is 12.1 Å². The molecule has 0 aliphatic rings. The molecule has 3 aromatic rings. The summed E-state index contributed by atoms with van der Waals surface area (Å²) in [5.74, 6) is 1.38. The lowest BCUT2D eigenvalue weighted by Gasteiger charge is -2.10. The molecule has 0 radical (unpaired) electrons. The molecule has 0 spiro atoms. The third-order valence-electron chi connectivity index (χ3n) is 4.07. The molecular formula is C20H22N2O3S. The smallest absolute Gasteiger partial charge is 0.224 e. The van der Waals surface area contributed by atoms with E-state index in [1.54, 1.807) is 25.6 Å². The highest BCUT2D eigenvalue weighted by atomic mass is 32.1. The summed E-state index contributed by atoms with van der Waals surface area (Å²) >= 11 is 1.71. The molecule has 0 atom stereocenters. The summed E-state index contributed by atoms with van der Waals surface area (Å²) in [5, 5.41) is 4.07. The van der Waals surface area contributed by atoms with Gasteiger partial charge in [0.15, 0.2) is 0 Å². The van der Waals surface area contributed by atoms with Crippen molar-refractivity contribution in [1.29, 1.82) is 0 Å². The third kappa shape index (κ3) is 4.52. The first-order valence-corrected chi connectivity index (χ1v) is 9.33. The van der Waals surface area contributed by atoms with Crippen LogP contribution in [0.2, 0.25) is 0 Å². The van der Waals surface area contributed by atoms with Crippen LogP contribution in [0.25, 0.3) is 10.2 Å². The Kier molecular flexibility index (Phi) is 6.07. The molecule has 2 aromatic carbocycles. The van der Waals surface area contributed by atoms with Gasteiger partial charge in [-0.3, -0.25) is 4.79 Å². The number of ether oxygens (including phenoxy) is 2. The van der Waals surface area contributed by atoms with Crippen molar-refractivity contribution in [3.8, 4) is 11.5 Å². The Balaban J connectivity index is 1.48. The Hall–Kier alpha value is -2.60. The molecule has 6 heteroatoms. The second kappa shape index (κ2) is 8.67. The number of hydrogen-bond acceptors (Lipinski definition) is 5. The molecular weight excluding hydrogens is 348 g/mol. The van der Waals surface area contributed by atoms with Crippen molar-refractivity contribution in [2.75, 3.05) is 20.8 Å². The molecule has 0 unspecified atom stereocenters. The van der Waals surface area contributed by atoms with Crippen molar-refractivity contribution >= 4 is 27.5 Å². The second-order valence-corrected chi connectivity index (χ2v) is 7.00. The number of rotatable bonds is 8. The molecule has 0 aliphatic carbocycles. The summed E-state index contributed by atoms with van der Waals surface area (Å²) in [4.78, 5) is 16.8. The summed E-state index contributed by atoms with van der Waals surface area (Å²) < 4.78 is 11.7. The van der Waals surface area contributed by atoms with Gasteiger partial charge in [-0.05, 0) is 36.8 Å². The molecule has 26 heavy (non-hydrogen) atoms.